The molecule has 0 saturated heterocycles. The summed E-state index contributed by atoms with van der Waals surface area (Å²) < 4.78 is 13.4. The van der Waals surface area contributed by atoms with Crippen LogP contribution in [0.4, 0.5) is 4.39 Å². The average molecular weight is 279 g/mol. The van der Waals surface area contributed by atoms with Gasteiger partial charge in [0.05, 0.1) is 0 Å². The van der Waals surface area contributed by atoms with Crippen LogP contribution in [0.3, 0.4) is 0 Å². The summed E-state index contributed by atoms with van der Waals surface area (Å²) in [6.45, 7) is 3.73. The highest BCUT2D eigenvalue weighted by Gasteiger charge is 2.15. The van der Waals surface area contributed by atoms with Crippen LogP contribution in [0, 0.1) is 12.7 Å². The number of rotatable bonds is 3. The van der Waals surface area contributed by atoms with Crippen molar-refractivity contribution in [3.8, 4) is 0 Å². The lowest BCUT2D eigenvalue weighted by atomic mass is 9.98. The van der Waals surface area contributed by atoms with Gasteiger partial charge >= 0.3 is 0 Å². The van der Waals surface area contributed by atoms with Crippen LogP contribution in [0.25, 0.3) is 0 Å². The largest absolute Gasteiger partial charge is 0.384 e. The fourth-order valence-electron chi connectivity index (χ4n) is 2.00. The Morgan fingerprint density at radius 2 is 1.84 bits per heavy atom. The van der Waals surface area contributed by atoms with Gasteiger partial charge in [-0.3, -0.25) is 0 Å². The molecular weight excluding hydrogens is 263 g/mol. The van der Waals surface area contributed by atoms with Gasteiger partial charge in [-0.25, -0.2) is 4.39 Å². The maximum Gasteiger partial charge on any atom is 0.127 e. The third-order valence-electron chi connectivity index (χ3n) is 3.28. The SMILES string of the molecule is CCc1ccc(C(O)c2cc(C)c(F)cc2Cl)cc1. The molecule has 0 fully saturated rings. The molecule has 1 unspecified atom stereocenters. The molecule has 0 radical (unpaired) electrons. The van der Waals surface area contributed by atoms with Crippen molar-refractivity contribution in [2.24, 2.45) is 0 Å². The Balaban J connectivity index is 2.37. The Morgan fingerprint density at radius 1 is 1.21 bits per heavy atom. The molecule has 0 aliphatic carbocycles. The van der Waals surface area contributed by atoms with E-state index in [1.807, 2.05) is 24.3 Å². The first-order valence-corrected chi connectivity index (χ1v) is 6.63. The van der Waals surface area contributed by atoms with Gasteiger partial charge in [-0.05, 0) is 42.2 Å². The van der Waals surface area contributed by atoms with Crippen molar-refractivity contribution >= 4 is 11.6 Å². The molecule has 0 aromatic heterocycles. The van der Waals surface area contributed by atoms with Crippen molar-refractivity contribution in [1.82, 2.24) is 0 Å². The summed E-state index contributed by atoms with van der Waals surface area (Å²) in [6.07, 6.45) is 0.116. The van der Waals surface area contributed by atoms with Gasteiger partial charge in [-0.2, -0.15) is 0 Å². The summed E-state index contributed by atoms with van der Waals surface area (Å²) in [5.41, 5.74) is 2.97. The molecule has 0 heterocycles. The number of aryl methyl sites for hydroxylation is 2. The number of benzene rings is 2. The van der Waals surface area contributed by atoms with Crippen LogP contribution in [0.2, 0.25) is 5.02 Å². The van der Waals surface area contributed by atoms with E-state index in [0.717, 1.165) is 12.0 Å². The summed E-state index contributed by atoms with van der Waals surface area (Å²) in [5, 5.41) is 10.6. The van der Waals surface area contributed by atoms with Gasteiger partial charge in [0.15, 0.2) is 0 Å². The Kier molecular flexibility index (Phi) is 4.23. The Hall–Kier alpha value is -1.38. The zero-order valence-electron chi connectivity index (χ0n) is 11.0. The normalized spacial score (nSPS) is 12.5. The molecule has 2 aromatic carbocycles. The lowest BCUT2D eigenvalue weighted by Gasteiger charge is -2.15. The molecule has 19 heavy (non-hydrogen) atoms. The molecule has 0 spiro atoms. The second-order valence-electron chi connectivity index (χ2n) is 4.62. The van der Waals surface area contributed by atoms with Crippen LogP contribution >= 0.6 is 11.6 Å². The van der Waals surface area contributed by atoms with Gasteiger partial charge in [0.25, 0.3) is 0 Å². The quantitative estimate of drug-likeness (QED) is 0.880. The smallest absolute Gasteiger partial charge is 0.127 e. The van der Waals surface area contributed by atoms with E-state index in [1.165, 1.54) is 11.6 Å². The molecule has 0 bridgehead atoms. The van der Waals surface area contributed by atoms with Gasteiger partial charge in [0, 0.05) is 10.6 Å². The molecule has 1 nitrogen and oxygen atoms in total. The minimum absolute atomic E-state index is 0.246. The van der Waals surface area contributed by atoms with Gasteiger partial charge in [-0.15, -0.1) is 0 Å². The third kappa shape index (κ3) is 2.96. The van der Waals surface area contributed by atoms with E-state index in [9.17, 15) is 9.50 Å². The van der Waals surface area contributed by atoms with Crippen LogP contribution in [0.1, 0.15) is 35.3 Å². The molecule has 3 heteroatoms. The summed E-state index contributed by atoms with van der Waals surface area (Å²) in [7, 11) is 0. The first-order valence-electron chi connectivity index (χ1n) is 6.25. The highest BCUT2D eigenvalue weighted by Crippen LogP contribution is 2.30. The third-order valence-corrected chi connectivity index (χ3v) is 3.60. The zero-order valence-corrected chi connectivity index (χ0v) is 11.7. The van der Waals surface area contributed by atoms with E-state index in [2.05, 4.69) is 6.92 Å². The number of aliphatic hydroxyl groups excluding tert-OH is 1. The average Bonchev–Trinajstić information content (AvgIpc) is 2.42. The van der Waals surface area contributed by atoms with Crippen LogP contribution < -0.4 is 0 Å². The molecule has 0 aliphatic rings. The number of halogens is 2. The Labute approximate surface area is 117 Å². The van der Waals surface area contributed by atoms with E-state index < -0.39 is 6.10 Å². The fraction of sp³-hybridized carbons (Fsp3) is 0.250. The molecule has 2 aromatic rings. The van der Waals surface area contributed by atoms with E-state index in [0.29, 0.717) is 11.1 Å². The maximum atomic E-state index is 13.4. The molecule has 0 amide bonds. The molecule has 2 rings (SSSR count). The first-order chi connectivity index (χ1) is 9.02. The van der Waals surface area contributed by atoms with Crippen LogP contribution in [-0.4, -0.2) is 5.11 Å². The van der Waals surface area contributed by atoms with Crippen molar-refractivity contribution in [3.05, 3.63) is 69.5 Å². The fourth-order valence-corrected chi connectivity index (χ4v) is 2.26. The summed E-state index contributed by atoms with van der Waals surface area (Å²) in [4.78, 5) is 0. The lowest BCUT2D eigenvalue weighted by molar-refractivity contribution is 0.220. The highest BCUT2D eigenvalue weighted by molar-refractivity contribution is 6.31. The monoisotopic (exact) mass is 278 g/mol. The summed E-state index contributed by atoms with van der Waals surface area (Å²) in [6, 6.07) is 10.5. The number of aliphatic hydroxyl groups is 1. The van der Waals surface area contributed by atoms with Crippen molar-refractivity contribution in [1.29, 1.82) is 0 Å². The predicted molar refractivity (Wildman–Crippen MR) is 76.0 cm³/mol. The van der Waals surface area contributed by atoms with Gasteiger partial charge in [0.1, 0.15) is 11.9 Å². The number of hydrogen-bond donors (Lipinski definition) is 1. The summed E-state index contributed by atoms with van der Waals surface area (Å²) >= 11 is 6.00. The predicted octanol–water partition coefficient (Wildman–Crippen LogP) is 4.43. The highest BCUT2D eigenvalue weighted by atomic mass is 35.5. The molecule has 1 N–H and O–H groups in total. The number of hydrogen-bond acceptors (Lipinski definition) is 1. The van der Waals surface area contributed by atoms with Gasteiger partial charge in [-0.1, -0.05) is 42.8 Å². The van der Waals surface area contributed by atoms with E-state index in [4.69, 9.17) is 11.6 Å². The Morgan fingerprint density at radius 3 is 2.42 bits per heavy atom. The van der Waals surface area contributed by atoms with Crippen molar-refractivity contribution in [3.63, 3.8) is 0 Å². The molecule has 1 atom stereocenters. The van der Waals surface area contributed by atoms with Crippen LogP contribution in [0.5, 0.6) is 0 Å². The minimum atomic E-state index is -0.835. The second kappa shape index (κ2) is 5.72. The van der Waals surface area contributed by atoms with Crippen molar-refractivity contribution in [2.75, 3.05) is 0 Å². The van der Waals surface area contributed by atoms with E-state index in [1.54, 1.807) is 13.0 Å². The van der Waals surface area contributed by atoms with Crippen molar-refractivity contribution in [2.45, 2.75) is 26.4 Å². The summed E-state index contributed by atoms with van der Waals surface area (Å²) in [5.74, 6) is -0.359. The topological polar surface area (TPSA) is 20.2 Å². The van der Waals surface area contributed by atoms with Gasteiger partial charge < -0.3 is 5.11 Å². The maximum absolute atomic E-state index is 13.4. The molecule has 0 saturated carbocycles. The lowest BCUT2D eigenvalue weighted by Crippen LogP contribution is -2.02. The first kappa shape index (κ1) is 14.0. The van der Waals surface area contributed by atoms with Gasteiger partial charge in [0.2, 0.25) is 0 Å². The standard InChI is InChI=1S/C16H16ClFO/c1-3-11-4-6-12(7-5-11)16(19)13-8-10(2)15(18)9-14(13)17/h4-9,16,19H,3H2,1-2H3. The molecule has 0 aliphatic heterocycles. The van der Waals surface area contributed by atoms with Crippen molar-refractivity contribution < 1.29 is 9.50 Å². The zero-order chi connectivity index (χ0) is 14.0. The molecular formula is C16H16ClFO. The Bertz CT molecular complexity index is 578. The van der Waals surface area contributed by atoms with Crippen LogP contribution in [0.15, 0.2) is 36.4 Å². The minimum Gasteiger partial charge on any atom is -0.384 e. The van der Waals surface area contributed by atoms with E-state index in [-0.39, 0.29) is 10.8 Å². The van der Waals surface area contributed by atoms with E-state index >= 15 is 0 Å². The van der Waals surface area contributed by atoms with Crippen LogP contribution in [-0.2, 0) is 6.42 Å². The second-order valence-corrected chi connectivity index (χ2v) is 5.03. The molecule has 100 valence electrons.